The van der Waals surface area contributed by atoms with Gasteiger partial charge < -0.3 is 15.4 Å². The van der Waals surface area contributed by atoms with E-state index in [1.807, 2.05) is 25.1 Å². The average Bonchev–Trinajstić information content (AvgIpc) is 2.39. The number of anilines is 3. The summed E-state index contributed by atoms with van der Waals surface area (Å²) in [5.74, 6) is 0.814. The highest BCUT2D eigenvalue weighted by Crippen LogP contribution is 2.31. The number of aryl methyl sites for hydroxylation is 1. The highest BCUT2D eigenvalue weighted by atomic mass is 16.5. The average molecular weight is 270 g/mol. The van der Waals surface area contributed by atoms with Crippen molar-refractivity contribution in [2.75, 3.05) is 23.8 Å². The molecule has 0 amide bonds. The van der Waals surface area contributed by atoms with Crippen LogP contribution in [0.1, 0.15) is 19.4 Å². The molecule has 0 spiro atoms. The Morgan fingerprint density at radius 1 is 1.05 bits per heavy atom. The third-order valence-electron chi connectivity index (χ3n) is 3.17. The number of hydrogen-bond acceptors (Lipinski definition) is 3. The lowest BCUT2D eigenvalue weighted by molar-refractivity contribution is 0.340. The fourth-order valence-electron chi connectivity index (χ4n) is 2.32. The Kier molecular flexibility index (Phi) is 4.51. The van der Waals surface area contributed by atoms with Crippen LogP contribution in [0.5, 0.6) is 5.75 Å². The van der Waals surface area contributed by atoms with Crippen molar-refractivity contribution in [3.05, 3.63) is 48.0 Å². The van der Waals surface area contributed by atoms with Gasteiger partial charge in [0.2, 0.25) is 0 Å². The van der Waals surface area contributed by atoms with Crippen LogP contribution in [0, 0.1) is 6.92 Å². The lowest BCUT2D eigenvalue weighted by Gasteiger charge is -2.24. The summed E-state index contributed by atoms with van der Waals surface area (Å²) in [6, 6.07) is 14.3. The van der Waals surface area contributed by atoms with Gasteiger partial charge in [-0.1, -0.05) is 12.1 Å². The fourth-order valence-corrected chi connectivity index (χ4v) is 2.32. The van der Waals surface area contributed by atoms with Gasteiger partial charge in [-0.25, -0.2) is 0 Å². The molecule has 0 aliphatic heterocycles. The monoisotopic (exact) mass is 270 g/mol. The minimum atomic E-state index is 0.638. The summed E-state index contributed by atoms with van der Waals surface area (Å²) < 4.78 is 5.57. The Bertz CT molecular complexity index is 581. The van der Waals surface area contributed by atoms with Crippen LogP contribution in [-0.2, 0) is 0 Å². The van der Waals surface area contributed by atoms with Crippen LogP contribution in [0.25, 0.3) is 0 Å². The summed E-state index contributed by atoms with van der Waals surface area (Å²) in [5.41, 5.74) is 10.2. The van der Waals surface area contributed by atoms with E-state index in [1.165, 1.54) is 11.3 Å². The van der Waals surface area contributed by atoms with Crippen molar-refractivity contribution in [2.24, 2.45) is 0 Å². The second-order valence-electron chi connectivity index (χ2n) is 4.78. The Morgan fingerprint density at radius 2 is 1.85 bits per heavy atom. The molecule has 2 aromatic rings. The van der Waals surface area contributed by atoms with Crippen LogP contribution < -0.4 is 15.4 Å². The van der Waals surface area contributed by atoms with Gasteiger partial charge in [-0.15, -0.1) is 0 Å². The number of nitrogens with two attached hydrogens (primary N) is 1. The van der Waals surface area contributed by atoms with E-state index in [2.05, 4.69) is 43.0 Å². The molecule has 0 aliphatic carbocycles. The van der Waals surface area contributed by atoms with Crippen molar-refractivity contribution < 1.29 is 4.74 Å². The molecule has 0 atom stereocenters. The van der Waals surface area contributed by atoms with Crippen LogP contribution >= 0.6 is 0 Å². The molecule has 2 rings (SSSR count). The molecule has 0 heterocycles. The summed E-state index contributed by atoms with van der Waals surface area (Å²) in [4.78, 5) is 2.23. The van der Waals surface area contributed by atoms with E-state index in [0.29, 0.717) is 6.61 Å². The zero-order valence-corrected chi connectivity index (χ0v) is 12.4. The zero-order chi connectivity index (χ0) is 14.5. The molecule has 0 fully saturated rings. The maximum absolute atomic E-state index is 5.98. The Balaban J connectivity index is 2.41. The third-order valence-corrected chi connectivity index (χ3v) is 3.17. The van der Waals surface area contributed by atoms with Crippen molar-refractivity contribution in [3.8, 4) is 5.75 Å². The number of nitrogen functional groups attached to an aromatic ring is 1. The van der Waals surface area contributed by atoms with Crippen molar-refractivity contribution in [1.29, 1.82) is 0 Å². The summed E-state index contributed by atoms with van der Waals surface area (Å²) >= 11 is 0. The first-order chi connectivity index (χ1) is 9.63. The molecule has 0 radical (unpaired) electrons. The van der Waals surface area contributed by atoms with E-state index in [0.717, 1.165) is 23.7 Å². The first-order valence-electron chi connectivity index (χ1n) is 7.01. The Labute approximate surface area is 121 Å². The van der Waals surface area contributed by atoms with E-state index in [-0.39, 0.29) is 0 Å². The lowest BCUT2D eigenvalue weighted by Crippen LogP contribution is -2.16. The molecule has 0 saturated carbocycles. The van der Waals surface area contributed by atoms with Crippen molar-refractivity contribution in [1.82, 2.24) is 0 Å². The number of nitrogens with zero attached hydrogens (tertiary/aromatic N) is 1. The smallest absolute Gasteiger partial charge is 0.123 e. The second-order valence-corrected chi connectivity index (χ2v) is 4.78. The van der Waals surface area contributed by atoms with E-state index < -0.39 is 0 Å². The topological polar surface area (TPSA) is 38.5 Å². The van der Waals surface area contributed by atoms with Gasteiger partial charge in [-0.05, 0) is 44.5 Å². The van der Waals surface area contributed by atoms with Crippen LogP contribution in [0.2, 0.25) is 0 Å². The standard InChI is InChI=1S/C17H22N2O/c1-4-19(15-8-6-7-13(3)9-15)16-10-14(18)11-17(12-16)20-5-2/h6-12H,4-5,18H2,1-3H3. The first-order valence-corrected chi connectivity index (χ1v) is 7.01. The Morgan fingerprint density at radius 3 is 2.50 bits per heavy atom. The van der Waals surface area contributed by atoms with Gasteiger partial charge in [0.05, 0.1) is 6.61 Å². The summed E-state index contributed by atoms with van der Waals surface area (Å²) in [5, 5.41) is 0. The van der Waals surface area contributed by atoms with Gasteiger partial charge in [-0.3, -0.25) is 0 Å². The van der Waals surface area contributed by atoms with Crippen molar-refractivity contribution in [2.45, 2.75) is 20.8 Å². The van der Waals surface area contributed by atoms with Gasteiger partial charge in [-0.2, -0.15) is 0 Å². The van der Waals surface area contributed by atoms with Gasteiger partial charge >= 0.3 is 0 Å². The quantitative estimate of drug-likeness (QED) is 0.830. The SMILES string of the molecule is CCOc1cc(N)cc(N(CC)c2cccc(C)c2)c1. The highest BCUT2D eigenvalue weighted by Gasteiger charge is 2.09. The number of rotatable bonds is 5. The van der Waals surface area contributed by atoms with E-state index >= 15 is 0 Å². The van der Waals surface area contributed by atoms with Crippen LogP contribution in [0.15, 0.2) is 42.5 Å². The molecule has 106 valence electrons. The minimum Gasteiger partial charge on any atom is -0.494 e. The van der Waals surface area contributed by atoms with Gasteiger partial charge in [0.25, 0.3) is 0 Å². The molecule has 0 unspecified atom stereocenters. The molecule has 0 saturated heterocycles. The van der Waals surface area contributed by atoms with Crippen molar-refractivity contribution >= 4 is 17.1 Å². The van der Waals surface area contributed by atoms with Gasteiger partial charge in [0, 0.05) is 35.7 Å². The number of ether oxygens (including phenoxy) is 1. The molecule has 20 heavy (non-hydrogen) atoms. The lowest BCUT2D eigenvalue weighted by atomic mass is 10.1. The highest BCUT2D eigenvalue weighted by molar-refractivity contribution is 5.69. The maximum Gasteiger partial charge on any atom is 0.123 e. The third kappa shape index (κ3) is 3.23. The first kappa shape index (κ1) is 14.3. The van der Waals surface area contributed by atoms with Crippen LogP contribution in [0.4, 0.5) is 17.1 Å². The summed E-state index contributed by atoms with van der Waals surface area (Å²) in [6.07, 6.45) is 0. The molecule has 0 aromatic heterocycles. The normalized spacial score (nSPS) is 10.3. The molecule has 2 aromatic carbocycles. The molecule has 3 nitrogen and oxygen atoms in total. The predicted octanol–water partition coefficient (Wildman–Crippen LogP) is 4.13. The number of benzene rings is 2. The zero-order valence-electron chi connectivity index (χ0n) is 12.4. The molecule has 3 heteroatoms. The predicted molar refractivity (Wildman–Crippen MR) is 85.9 cm³/mol. The minimum absolute atomic E-state index is 0.638. The van der Waals surface area contributed by atoms with E-state index in [4.69, 9.17) is 10.5 Å². The Hall–Kier alpha value is -2.16. The largest absolute Gasteiger partial charge is 0.494 e. The van der Waals surface area contributed by atoms with Gasteiger partial charge in [0.15, 0.2) is 0 Å². The van der Waals surface area contributed by atoms with Crippen molar-refractivity contribution in [3.63, 3.8) is 0 Å². The molecular formula is C17H22N2O. The van der Waals surface area contributed by atoms with Crippen LogP contribution in [-0.4, -0.2) is 13.2 Å². The summed E-state index contributed by atoms with van der Waals surface area (Å²) in [7, 11) is 0. The molecular weight excluding hydrogens is 248 g/mol. The molecule has 0 aliphatic rings. The summed E-state index contributed by atoms with van der Waals surface area (Å²) in [6.45, 7) is 7.72. The fraction of sp³-hybridized carbons (Fsp3) is 0.294. The van der Waals surface area contributed by atoms with Gasteiger partial charge in [0.1, 0.15) is 5.75 Å². The molecule has 0 bridgehead atoms. The van der Waals surface area contributed by atoms with Crippen LogP contribution in [0.3, 0.4) is 0 Å². The van der Waals surface area contributed by atoms with E-state index in [9.17, 15) is 0 Å². The second kappa shape index (κ2) is 6.33. The number of hydrogen-bond donors (Lipinski definition) is 1. The van der Waals surface area contributed by atoms with E-state index in [1.54, 1.807) is 0 Å². The maximum atomic E-state index is 5.98. The molecule has 2 N–H and O–H groups in total.